The van der Waals surface area contributed by atoms with E-state index in [2.05, 4.69) is 42.6 Å². The normalized spacial score (nSPS) is 19.2. The number of thioether (sulfide) groups is 1. The van der Waals surface area contributed by atoms with E-state index in [0.717, 1.165) is 35.4 Å². The molecule has 0 radical (unpaired) electrons. The Morgan fingerprint density at radius 3 is 2.69 bits per heavy atom. The zero-order valence-electron chi connectivity index (χ0n) is 19.0. The minimum Gasteiger partial charge on any atom is -0.356 e. The second-order valence-corrected chi connectivity index (χ2v) is 10.0. The van der Waals surface area contributed by atoms with Gasteiger partial charge < -0.3 is 10.2 Å². The van der Waals surface area contributed by atoms with Crippen LogP contribution in [0.4, 0.5) is 5.69 Å². The molecule has 0 aromatic heterocycles. The quantitative estimate of drug-likeness (QED) is 0.557. The number of allylic oxidation sites excluding steroid dienone is 1. The van der Waals surface area contributed by atoms with Crippen molar-refractivity contribution in [3.05, 3.63) is 71.3 Å². The topological polar surface area (TPSA) is 49.4 Å². The number of anilines is 1. The number of para-hydroxylation sites is 1. The molecule has 1 aliphatic heterocycles. The number of fused-ring (bicyclic) bond motifs is 1. The summed E-state index contributed by atoms with van der Waals surface area (Å²) < 4.78 is 0. The van der Waals surface area contributed by atoms with Crippen LogP contribution in [0.3, 0.4) is 0 Å². The monoisotopic (exact) mass is 448 g/mol. The van der Waals surface area contributed by atoms with Crippen molar-refractivity contribution in [2.75, 3.05) is 11.4 Å². The third-order valence-corrected chi connectivity index (χ3v) is 7.84. The Morgan fingerprint density at radius 1 is 1.16 bits per heavy atom. The highest BCUT2D eigenvalue weighted by molar-refractivity contribution is 8.01. The standard InChI is InChI=1S/C27H32N2O2S/c1-19-12-14-22(15-13-19)18-29-23-10-6-7-11-24(23)32-25(27(29)31)20(2)26(30)28-17-16-21-8-4-3-5-9-21/h6-8,10-15,20,25H,3-5,9,16-18H2,1-2H3,(H,28,30). The molecule has 2 unspecified atom stereocenters. The van der Waals surface area contributed by atoms with Crippen LogP contribution in [0.15, 0.2) is 65.1 Å². The van der Waals surface area contributed by atoms with Crippen molar-refractivity contribution in [1.82, 2.24) is 5.32 Å². The Labute approximate surface area is 195 Å². The van der Waals surface area contributed by atoms with E-state index in [9.17, 15) is 9.59 Å². The summed E-state index contributed by atoms with van der Waals surface area (Å²) in [5.41, 5.74) is 4.66. The molecular formula is C27H32N2O2S. The number of hydrogen-bond donors (Lipinski definition) is 1. The molecule has 2 aromatic rings. The van der Waals surface area contributed by atoms with Crippen molar-refractivity contribution >= 4 is 29.3 Å². The number of benzene rings is 2. The highest BCUT2D eigenvalue weighted by Gasteiger charge is 2.39. The maximum absolute atomic E-state index is 13.5. The minimum absolute atomic E-state index is 0.00640. The van der Waals surface area contributed by atoms with E-state index in [0.29, 0.717) is 13.1 Å². The van der Waals surface area contributed by atoms with E-state index in [-0.39, 0.29) is 11.8 Å². The van der Waals surface area contributed by atoms with Crippen molar-refractivity contribution in [1.29, 1.82) is 0 Å². The number of nitrogens with one attached hydrogen (secondary N) is 1. The molecule has 168 valence electrons. The molecule has 1 aliphatic carbocycles. The van der Waals surface area contributed by atoms with Gasteiger partial charge in [0.15, 0.2) is 0 Å². The van der Waals surface area contributed by atoms with E-state index in [1.807, 2.05) is 36.1 Å². The van der Waals surface area contributed by atoms with Gasteiger partial charge in [0.1, 0.15) is 5.25 Å². The lowest BCUT2D eigenvalue weighted by atomic mass is 9.97. The average Bonchev–Trinajstić information content (AvgIpc) is 2.82. The van der Waals surface area contributed by atoms with E-state index in [1.165, 1.54) is 35.7 Å². The molecule has 2 aliphatic rings. The molecule has 32 heavy (non-hydrogen) atoms. The summed E-state index contributed by atoms with van der Waals surface area (Å²) in [6.07, 6.45) is 8.05. The van der Waals surface area contributed by atoms with Crippen LogP contribution in [-0.4, -0.2) is 23.6 Å². The number of aryl methyl sites for hydroxylation is 1. The number of nitrogens with zero attached hydrogens (tertiary/aromatic N) is 1. The molecule has 2 atom stereocenters. The first kappa shape index (κ1) is 22.7. The third-order valence-electron chi connectivity index (χ3n) is 6.38. The maximum atomic E-state index is 13.5. The summed E-state index contributed by atoms with van der Waals surface area (Å²) >= 11 is 1.52. The summed E-state index contributed by atoms with van der Waals surface area (Å²) in [6, 6.07) is 16.3. The number of carbonyl (C=O) groups excluding carboxylic acids is 2. The third kappa shape index (κ3) is 5.26. The Balaban J connectivity index is 1.46. The Bertz CT molecular complexity index is 999. The fourth-order valence-electron chi connectivity index (χ4n) is 4.37. The molecule has 0 fully saturated rings. The fraction of sp³-hybridized carbons (Fsp3) is 0.407. The summed E-state index contributed by atoms with van der Waals surface area (Å²) in [4.78, 5) is 29.4. The van der Waals surface area contributed by atoms with Crippen LogP contribution in [0.1, 0.15) is 50.2 Å². The lowest BCUT2D eigenvalue weighted by molar-refractivity contribution is -0.128. The van der Waals surface area contributed by atoms with Crippen LogP contribution in [-0.2, 0) is 16.1 Å². The van der Waals surface area contributed by atoms with Gasteiger partial charge in [-0.3, -0.25) is 9.59 Å². The van der Waals surface area contributed by atoms with E-state index in [1.54, 1.807) is 0 Å². The largest absolute Gasteiger partial charge is 0.356 e. The molecule has 5 heteroatoms. The number of rotatable bonds is 7. The zero-order chi connectivity index (χ0) is 22.5. The minimum atomic E-state index is -0.427. The van der Waals surface area contributed by atoms with Gasteiger partial charge in [-0.25, -0.2) is 0 Å². The lowest BCUT2D eigenvalue weighted by Crippen LogP contribution is -2.47. The summed E-state index contributed by atoms with van der Waals surface area (Å²) in [5, 5.41) is 2.65. The average molecular weight is 449 g/mol. The van der Waals surface area contributed by atoms with Gasteiger partial charge in [-0.1, -0.05) is 60.5 Å². The van der Waals surface area contributed by atoms with Gasteiger partial charge in [0.05, 0.1) is 18.2 Å². The zero-order valence-corrected chi connectivity index (χ0v) is 19.8. The highest BCUT2D eigenvalue weighted by Crippen LogP contribution is 2.42. The Hall–Kier alpha value is -2.53. The predicted molar refractivity (Wildman–Crippen MR) is 132 cm³/mol. The van der Waals surface area contributed by atoms with E-state index < -0.39 is 11.2 Å². The number of amides is 2. The van der Waals surface area contributed by atoms with Crippen LogP contribution in [0.25, 0.3) is 0 Å². The van der Waals surface area contributed by atoms with E-state index >= 15 is 0 Å². The van der Waals surface area contributed by atoms with Crippen LogP contribution in [0.5, 0.6) is 0 Å². The van der Waals surface area contributed by atoms with Crippen molar-refractivity contribution in [2.24, 2.45) is 5.92 Å². The molecule has 0 bridgehead atoms. The summed E-state index contributed by atoms with van der Waals surface area (Å²) in [5.74, 6) is -0.435. The summed E-state index contributed by atoms with van der Waals surface area (Å²) in [7, 11) is 0. The van der Waals surface area contributed by atoms with Crippen molar-refractivity contribution < 1.29 is 9.59 Å². The predicted octanol–water partition coefficient (Wildman–Crippen LogP) is 5.65. The van der Waals surface area contributed by atoms with Crippen molar-refractivity contribution in [3.63, 3.8) is 0 Å². The van der Waals surface area contributed by atoms with E-state index in [4.69, 9.17) is 0 Å². The van der Waals surface area contributed by atoms with Crippen LogP contribution < -0.4 is 10.2 Å². The van der Waals surface area contributed by atoms with Crippen molar-refractivity contribution in [3.8, 4) is 0 Å². The first-order valence-electron chi connectivity index (χ1n) is 11.6. The molecule has 2 amide bonds. The molecular weight excluding hydrogens is 416 g/mol. The van der Waals surface area contributed by atoms with Gasteiger partial charge in [0.25, 0.3) is 0 Å². The first-order valence-corrected chi connectivity index (χ1v) is 12.5. The smallest absolute Gasteiger partial charge is 0.241 e. The molecule has 4 rings (SSSR count). The van der Waals surface area contributed by atoms with Gasteiger partial charge in [0.2, 0.25) is 11.8 Å². The van der Waals surface area contributed by atoms with Gasteiger partial charge in [0, 0.05) is 11.4 Å². The van der Waals surface area contributed by atoms with Crippen LogP contribution >= 0.6 is 11.8 Å². The SMILES string of the molecule is Cc1ccc(CN2C(=O)C(C(C)C(=O)NCCC3=CCCCC3)Sc3ccccc32)cc1. The molecule has 0 saturated carbocycles. The van der Waals surface area contributed by atoms with Crippen molar-refractivity contribution in [2.45, 2.75) is 62.6 Å². The molecule has 1 heterocycles. The lowest BCUT2D eigenvalue weighted by Gasteiger charge is -2.35. The van der Waals surface area contributed by atoms with Gasteiger partial charge in [-0.15, -0.1) is 11.8 Å². The van der Waals surface area contributed by atoms with Gasteiger partial charge >= 0.3 is 0 Å². The Kier molecular flexibility index (Phi) is 7.36. The number of hydrogen-bond acceptors (Lipinski definition) is 3. The molecule has 1 N–H and O–H groups in total. The number of carbonyl (C=O) groups is 2. The highest BCUT2D eigenvalue weighted by atomic mass is 32.2. The van der Waals surface area contributed by atoms with Crippen LogP contribution in [0, 0.1) is 12.8 Å². The summed E-state index contributed by atoms with van der Waals surface area (Å²) in [6.45, 7) is 5.09. The van der Waals surface area contributed by atoms with Gasteiger partial charge in [-0.05, 0) is 56.7 Å². The second-order valence-electron chi connectivity index (χ2n) is 8.85. The second kappa shape index (κ2) is 10.4. The first-order chi connectivity index (χ1) is 15.5. The molecule has 0 spiro atoms. The van der Waals surface area contributed by atoms with Gasteiger partial charge in [-0.2, -0.15) is 0 Å². The molecule has 0 saturated heterocycles. The molecule has 4 nitrogen and oxygen atoms in total. The maximum Gasteiger partial charge on any atom is 0.241 e. The fourth-order valence-corrected chi connectivity index (χ4v) is 5.66. The molecule has 2 aromatic carbocycles. The van der Waals surface area contributed by atoms with Crippen LogP contribution in [0.2, 0.25) is 0 Å². The Morgan fingerprint density at radius 2 is 1.94 bits per heavy atom.